The normalized spacial score (nSPS) is 10.7. The Morgan fingerprint density at radius 2 is 2.17 bits per heavy atom. The zero-order valence-corrected chi connectivity index (χ0v) is 6.93. The second-order valence-electron chi connectivity index (χ2n) is 2.64. The quantitative estimate of drug-likeness (QED) is 0.681. The molecule has 0 aromatic carbocycles. The van der Waals surface area contributed by atoms with E-state index in [1.165, 1.54) is 12.3 Å². The molecular weight excluding hydrogens is 160 g/mol. The summed E-state index contributed by atoms with van der Waals surface area (Å²) in [5.74, 6) is 0. The van der Waals surface area contributed by atoms with Crippen molar-refractivity contribution in [1.29, 1.82) is 0 Å². The number of rotatable bonds is 3. The first-order valence-corrected chi connectivity index (χ1v) is 3.97. The Kier molecular flexibility index (Phi) is 3.14. The predicted molar refractivity (Wildman–Crippen MR) is 43.2 cm³/mol. The van der Waals surface area contributed by atoms with Crippen molar-refractivity contribution in [3.8, 4) is 0 Å². The van der Waals surface area contributed by atoms with Crippen LogP contribution in [-0.2, 0) is 6.42 Å². The van der Waals surface area contributed by atoms with Gasteiger partial charge in [0.1, 0.15) is 5.69 Å². The van der Waals surface area contributed by atoms with E-state index in [0.717, 1.165) is 18.4 Å². The van der Waals surface area contributed by atoms with Crippen LogP contribution in [0.3, 0.4) is 0 Å². The summed E-state index contributed by atoms with van der Waals surface area (Å²) in [6.45, 7) is 2.04. The minimum atomic E-state index is -2.46. The molecule has 1 nitrogen and oxygen atoms in total. The maximum atomic E-state index is 12.0. The Morgan fingerprint density at radius 3 is 2.58 bits per heavy atom. The van der Waals surface area contributed by atoms with Crippen LogP contribution in [0.4, 0.5) is 8.78 Å². The van der Waals surface area contributed by atoms with Gasteiger partial charge >= 0.3 is 0 Å². The molecule has 0 amide bonds. The predicted octanol–water partition coefficient (Wildman–Crippen LogP) is 2.97. The molecular formula is C9H11F2N. The van der Waals surface area contributed by atoms with E-state index in [1.807, 2.05) is 6.92 Å². The SMILES string of the molecule is CCCc1ccc(C(F)F)nc1. The van der Waals surface area contributed by atoms with Gasteiger partial charge in [-0.15, -0.1) is 0 Å². The third-order valence-electron chi connectivity index (χ3n) is 1.61. The van der Waals surface area contributed by atoms with E-state index >= 15 is 0 Å². The molecule has 0 saturated carbocycles. The number of nitrogens with zero attached hydrogens (tertiary/aromatic N) is 1. The van der Waals surface area contributed by atoms with Crippen LogP contribution >= 0.6 is 0 Å². The fraction of sp³-hybridized carbons (Fsp3) is 0.444. The minimum Gasteiger partial charge on any atom is -0.255 e. The van der Waals surface area contributed by atoms with Crippen LogP contribution in [0.5, 0.6) is 0 Å². The molecule has 0 spiro atoms. The molecule has 12 heavy (non-hydrogen) atoms. The Bertz CT molecular complexity index is 231. The first-order valence-electron chi connectivity index (χ1n) is 3.97. The van der Waals surface area contributed by atoms with Crippen LogP contribution in [0.2, 0.25) is 0 Å². The lowest BCUT2D eigenvalue weighted by Gasteiger charge is -2.00. The first kappa shape index (κ1) is 9.10. The lowest BCUT2D eigenvalue weighted by molar-refractivity contribution is 0.146. The van der Waals surface area contributed by atoms with Gasteiger partial charge in [-0.3, -0.25) is 4.98 Å². The number of alkyl halides is 2. The average Bonchev–Trinajstić information content (AvgIpc) is 2.06. The molecule has 66 valence electrons. The number of hydrogen-bond donors (Lipinski definition) is 0. The van der Waals surface area contributed by atoms with Crippen molar-refractivity contribution in [1.82, 2.24) is 4.98 Å². The maximum absolute atomic E-state index is 12.0. The smallest absolute Gasteiger partial charge is 0.255 e. The van der Waals surface area contributed by atoms with Crippen molar-refractivity contribution in [2.45, 2.75) is 26.2 Å². The molecule has 1 heterocycles. The van der Waals surface area contributed by atoms with E-state index in [9.17, 15) is 8.78 Å². The van der Waals surface area contributed by atoms with E-state index in [2.05, 4.69) is 4.98 Å². The zero-order chi connectivity index (χ0) is 8.97. The molecule has 0 fully saturated rings. The third-order valence-corrected chi connectivity index (χ3v) is 1.61. The van der Waals surface area contributed by atoms with Crippen molar-refractivity contribution in [3.63, 3.8) is 0 Å². The highest BCUT2D eigenvalue weighted by molar-refractivity contribution is 5.14. The average molecular weight is 171 g/mol. The van der Waals surface area contributed by atoms with E-state index in [-0.39, 0.29) is 5.69 Å². The van der Waals surface area contributed by atoms with E-state index in [1.54, 1.807) is 6.07 Å². The summed E-state index contributed by atoms with van der Waals surface area (Å²) in [4.78, 5) is 3.65. The highest BCUT2D eigenvalue weighted by Crippen LogP contribution is 2.15. The summed E-state index contributed by atoms with van der Waals surface area (Å²) in [5, 5.41) is 0. The molecule has 0 aliphatic carbocycles. The number of hydrogen-bond acceptors (Lipinski definition) is 1. The molecule has 0 aliphatic heterocycles. The molecule has 1 aromatic rings. The monoisotopic (exact) mass is 171 g/mol. The molecule has 0 atom stereocenters. The first-order chi connectivity index (χ1) is 5.74. The Morgan fingerprint density at radius 1 is 1.42 bits per heavy atom. The van der Waals surface area contributed by atoms with Crippen molar-refractivity contribution in [2.75, 3.05) is 0 Å². The fourth-order valence-corrected chi connectivity index (χ4v) is 1.00. The van der Waals surface area contributed by atoms with Gasteiger partial charge in [-0.2, -0.15) is 0 Å². The molecule has 0 bridgehead atoms. The van der Waals surface area contributed by atoms with Gasteiger partial charge in [0.25, 0.3) is 6.43 Å². The van der Waals surface area contributed by atoms with Crippen LogP contribution < -0.4 is 0 Å². The lowest BCUT2D eigenvalue weighted by atomic mass is 10.1. The van der Waals surface area contributed by atoms with Crippen molar-refractivity contribution in [2.24, 2.45) is 0 Å². The van der Waals surface area contributed by atoms with Gasteiger partial charge in [0.15, 0.2) is 0 Å². The highest BCUT2D eigenvalue weighted by atomic mass is 19.3. The topological polar surface area (TPSA) is 12.9 Å². The minimum absolute atomic E-state index is 0.144. The molecule has 0 radical (unpaired) electrons. The second kappa shape index (κ2) is 4.14. The van der Waals surface area contributed by atoms with Crippen LogP contribution in [0.15, 0.2) is 18.3 Å². The molecule has 1 aromatic heterocycles. The lowest BCUT2D eigenvalue weighted by Crippen LogP contribution is -1.91. The molecule has 1 rings (SSSR count). The molecule has 0 N–H and O–H groups in total. The molecule has 0 saturated heterocycles. The Labute approximate surface area is 70.4 Å². The summed E-state index contributed by atoms with van der Waals surface area (Å²) in [6.07, 6.45) is 0.970. The maximum Gasteiger partial charge on any atom is 0.280 e. The van der Waals surface area contributed by atoms with Crippen LogP contribution in [0.1, 0.15) is 31.0 Å². The van der Waals surface area contributed by atoms with E-state index in [4.69, 9.17) is 0 Å². The summed E-state index contributed by atoms with van der Waals surface area (Å²) in [6, 6.07) is 3.09. The van der Waals surface area contributed by atoms with E-state index < -0.39 is 6.43 Å². The van der Waals surface area contributed by atoms with Gasteiger partial charge in [-0.25, -0.2) is 8.78 Å². The number of halogens is 2. The number of aryl methyl sites for hydroxylation is 1. The number of aromatic nitrogens is 1. The Hall–Kier alpha value is -0.990. The Balaban J connectivity index is 2.71. The van der Waals surface area contributed by atoms with Gasteiger partial charge in [0, 0.05) is 6.20 Å². The largest absolute Gasteiger partial charge is 0.280 e. The molecule has 0 aliphatic rings. The third kappa shape index (κ3) is 2.26. The van der Waals surface area contributed by atoms with Gasteiger partial charge in [0.2, 0.25) is 0 Å². The summed E-state index contributed by atoms with van der Waals surface area (Å²) >= 11 is 0. The zero-order valence-electron chi connectivity index (χ0n) is 6.93. The van der Waals surface area contributed by atoms with E-state index in [0.29, 0.717) is 0 Å². The van der Waals surface area contributed by atoms with Crippen LogP contribution in [0, 0.1) is 0 Å². The van der Waals surface area contributed by atoms with Gasteiger partial charge < -0.3 is 0 Å². The van der Waals surface area contributed by atoms with Gasteiger partial charge in [-0.1, -0.05) is 19.4 Å². The van der Waals surface area contributed by atoms with Crippen molar-refractivity contribution >= 4 is 0 Å². The number of pyridine rings is 1. The van der Waals surface area contributed by atoms with Crippen molar-refractivity contribution in [3.05, 3.63) is 29.6 Å². The van der Waals surface area contributed by atoms with Gasteiger partial charge in [0.05, 0.1) is 0 Å². The highest BCUT2D eigenvalue weighted by Gasteiger charge is 2.06. The summed E-state index contributed by atoms with van der Waals surface area (Å²) in [7, 11) is 0. The second-order valence-corrected chi connectivity index (χ2v) is 2.64. The van der Waals surface area contributed by atoms with Gasteiger partial charge in [-0.05, 0) is 18.1 Å². The standard InChI is InChI=1S/C9H11F2N/c1-2-3-7-4-5-8(9(10)11)12-6-7/h4-6,9H,2-3H2,1H3. The molecule has 3 heteroatoms. The van der Waals surface area contributed by atoms with Crippen molar-refractivity contribution < 1.29 is 8.78 Å². The fourth-order valence-electron chi connectivity index (χ4n) is 1.00. The van der Waals surface area contributed by atoms with Crippen LogP contribution in [0.25, 0.3) is 0 Å². The molecule has 0 unspecified atom stereocenters. The van der Waals surface area contributed by atoms with Crippen LogP contribution in [-0.4, -0.2) is 4.98 Å². The summed E-state index contributed by atoms with van der Waals surface area (Å²) in [5.41, 5.74) is 0.872. The summed E-state index contributed by atoms with van der Waals surface area (Å²) < 4.78 is 24.0.